The van der Waals surface area contributed by atoms with Crippen LogP contribution in [0.4, 0.5) is 5.82 Å². The van der Waals surface area contributed by atoms with Gasteiger partial charge in [0.1, 0.15) is 11.5 Å². The van der Waals surface area contributed by atoms with Crippen LogP contribution >= 0.6 is 0 Å². The van der Waals surface area contributed by atoms with Gasteiger partial charge in [0, 0.05) is 19.1 Å². The molecule has 1 aromatic heterocycles. The number of fused-ring (bicyclic) bond motifs is 2. The van der Waals surface area contributed by atoms with Gasteiger partial charge in [-0.15, -0.1) is 0 Å². The summed E-state index contributed by atoms with van der Waals surface area (Å²) in [5.41, 5.74) is 0.486. The van der Waals surface area contributed by atoms with Gasteiger partial charge in [0.15, 0.2) is 0 Å². The molecule has 2 bridgehead atoms. The first kappa shape index (κ1) is 12.4. The number of hydrogen-bond acceptors (Lipinski definition) is 4. The fraction of sp³-hybridized carbons (Fsp3) is 0.571. The van der Waals surface area contributed by atoms with Gasteiger partial charge in [0.2, 0.25) is 0 Å². The van der Waals surface area contributed by atoms with E-state index in [4.69, 9.17) is 0 Å². The third-order valence-electron chi connectivity index (χ3n) is 4.17. The molecule has 3 rings (SSSR count). The zero-order chi connectivity index (χ0) is 13.4. The van der Waals surface area contributed by atoms with E-state index in [1.165, 1.54) is 0 Å². The van der Waals surface area contributed by atoms with E-state index in [1.54, 1.807) is 13.1 Å². The van der Waals surface area contributed by atoms with E-state index >= 15 is 0 Å². The second kappa shape index (κ2) is 4.81. The van der Waals surface area contributed by atoms with Crippen molar-refractivity contribution in [3.8, 4) is 0 Å². The number of piperidine rings is 1. The van der Waals surface area contributed by atoms with Crippen LogP contribution in [0.25, 0.3) is 0 Å². The highest BCUT2D eigenvalue weighted by molar-refractivity contribution is 5.93. The van der Waals surface area contributed by atoms with Crippen LogP contribution in [0.2, 0.25) is 0 Å². The summed E-state index contributed by atoms with van der Waals surface area (Å²) < 4.78 is 0. The summed E-state index contributed by atoms with van der Waals surface area (Å²) in [5.74, 6) is 0.701. The maximum atomic E-state index is 12.6. The number of nitrogens with one attached hydrogen (secondary N) is 1. The van der Waals surface area contributed by atoms with Crippen molar-refractivity contribution in [2.24, 2.45) is 0 Å². The zero-order valence-electron chi connectivity index (χ0n) is 11.0. The fourth-order valence-electron chi connectivity index (χ4n) is 3.31. The van der Waals surface area contributed by atoms with E-state index in [0.29, 0.717) is 24.4 Å². The van der Waals surface area contributed by atoms with E-state index in [9.17, 15) is 9.90 Å². The minimum Gasteiger partial charge on any atom is -0.393 e. The van der Waals surface area contributed by atoms with E-state index in [0.717, 1.165) is 12.8 Å². The molecule has 2 atom stereocenters. The van der Waals surface area contributed by atoms with Crippen LogP contribution in [0.3, 0.4) is 0 Å². The molecular formula is C14H19N3O2. The van der Waals surface area contributed by atoms with Crippen molar-refractivity contribution in [3.63, 3.8) is 0 Å². The standard InChI is InChI=1S/C14H19N3O2/c1-15-13-4-2-3-12(16-13)14(19)17-9-5-6-10(17)8-11(18)7-9/h2-4,9-11,18H,5-8H2,1H3,(H,15,16). The quantitative estimate of drug-likeness (QED) is 0.841. The van der Waals surface area contributed by atoms with Gasteiger partial charge in [-0.25, -0.2) is 4.98 Å². The molecule has 0 saturated carbocycles. The summed E-state index contributed by atoms with van der Waals surface area (Å²) in [7, 11) is 1.79. The minimum atomic E-state index is -0.252. The van der Waals surface area contributed by atoms with Crippen LogP contribution < -0.4 is 5.32 Å². The first-order valence-corrected chi connectivity index (χ1v) is 6.84. The third-order valence-corrected chi connectivity index (χ3v) is 4.17. The van der Waals surface area contributed by atoms with E-state index in [-0.39, 0.29) is 24.1 Å². The van der Waals surface area contributed by atoms with Crippen molar-refractivity contribution in [1.82, 2.24) is 9.88 Å². The number of amides is 1. The molecule has 102 valence electrons. The highest BCUT2D eigenvalue weighted by Crippen LogP contribution is 2.36. The Morgan fingerprint density at radius 2 is 2.05 bits per heavy atom. The Kier molecular flexibility index (Phi) is 3.14. The molecule has 5 heteroatoms. The van der Waals surface area contributed by atoms with Gasteiger partial charge in [0.25, 0.3) is 5.91 Å². The number of pyridine rings is 1. The van der Waals surface area contributed by atoms with Crippen LogP contribution in [0.1, 0.15) is 36.2 Å². The number of aliphatic hydroxyl groups is 1. The molecule has 19 heavy (non-hydrogen) atoms. The molecule has 0 aromatic carbocycles. The largest absolute Gasteiger partial charge is 0.393 e. The number of anilines is 1. The predicted molar refractivity (Wildman–Crippen MR) is 72.0 cm³/mol. The van der Waals surface area contributed by atoms with E-state index in [2.05, 4.69) is 10.3 Å². The van der Waals surface area contributed by atoms with Gasteiger partial charge in [0.05, 0.1) is 6.10 Å². The average Bonchev–Trinajstić information content (AvgIpc) is 2.70. The monoisotopic (exact) mass is 261 g/mol. The third kappa shape index (κ3) is 2.18. The van der Waals surface area contributed by atoms with Gasteiger partial charge in [-0.05, 0) is 37.8 Å². The summed E-state index contributed by atoms with van der Waals surface area (Å²) in [5, 5.41) is 12.7. The van der Waals surface area contributed by atoms with Crippen molar-refractivity contribution in [2.45, 2.75) is 43.9 Å². The van der Waals surface area contributed by atoms with Gasteiger partial charge in [-0.3, -0.25) is 4.79 Å². The molecule has 0 spiro atoms. The van der Waals surface area contributed by atoms with Crippen molar-refractivity contribution in [1.29, 1.82) is 0 Å². The number of carbonyl (C=O) groups excluding carboxylic acids is 1. The molecule has 0 aliphatic carbocycles. The molecule has 2 fully saturated rings. The molecule has 1 aromatic rings. The normalized spacial score (nSPS) is 29.4. The Balaban J connectivity index is 1.84. The molecule has 2 aliphatic heterocycles. The molecule has 3 heterocycles. The summed E-state index contributed by atoms with van der Waals surface area (Å²) >= 11 is 0. The highest BCUT2D eigenvalue weighted by Gasteiger charge is 2.43. The van der Waals surface area contributed by atoms with Crippen LogP contribution in [-0.2, 0) is 0 Å². The smallest absolute Gasteiger partial charge is 0.273 e. The first-order valence-electron chi connectivity index (χ1n) is 6.84. The summed E-state index contributed by atoms with van der Waals surface area (Å²) in [6.45, 7) is 0. The maximum Gasteiger partial charge on any atom is 0.273 e. The Labute approximate surface area is 112 Å². The van der Waals surface area contributed by atoms with Gasteiger partial charge in [-0.1, -0.05) is 6.07 Å². The number of hydrogen-bond donors (Lipinski definition) is 2. The van der Waals surface area contributed by atoms with Gasteiger partial charge >= 0.3 is 0 Å². The van der Waals surface area contributed by atoms with Gasteiger partial charge in [-0.2, -0.15) is 0 Å². The number of aliphatic hydroxyl groups excluding tert-OH is 1. The average molecular weight is 261 g/mol. The summed E-state index contributed by atoms with van der Waals surface area (Å²) in [4.78, 5) is 18.8. The summed E-state index contributed by atoms with van der Waals surface area (Å²) in [6.07, 6.45) is 3.15. The highest BCUT2D eigenvalue weighted by atomic mass is 16.3. The number of nitrogens with zero attached hydrogens (tertiary/aromatic N) is 2. The van der Waals surface area contributed by atoms with Crippen molar-refractivity contribution in [3.05, 3.63) is 23.9 Å². The van der Waals surface area contributed by atoms with Crippen molar-refractivity contribution >= 4 is 11.7 Å². The maximum absolute atomic E-state index is 12.6. The Bertz CT molecular complexity index is 477. The molecule has 2 aliphatic rings. The van der Waals surface area contributed by atoms with Crippen LogP contribution in [-0.4, -0.2) is 46.1 Å². The topological polar surface area (TPSA) is 65.5 Å². The molecule has 2 unspecified atom stereocenters. The van der Waals surface area contributed by atoms with Crippen molar-refractivity contribution in [2.75, 3.05) is 12.4 Å². The van der Waals surface area contributed by atoms with Crippen LogP contribution in [0, 0.1) is 0 Å². The lowest BCUT2D eigenvalue weighted by molar-refractivity contribution is 0.0282. The van der Waals surface area contributed by atoms with Gasteiger partial charge < -0.3 is 15.3 Å². The lowest BCUT2D eigenvalue weighted by atomic mass is 9.99. The molecule has 2 saturated heterocycles. The molecule has 5 nitrogen and oxygen atoms in total. The van der Waals surface area contributed by atoms with Crippen LogP contribution in [0.15, 0.2) is 18.2 Å². The Morgan fingerprint density at radius 1 is 1.37 bits per heavy atom. The number of rotatable bonds is 2. The lowest BCUT2D eigenvalue weighted by Gasteiger charge is -2.37. The summed E-state index contributed by atoms with van der Waals surface area (Å²) in [6, 6.07) is 5.80. The number of carbonyl (C=O) groups is 1. The second-order valence-electron chi connectivity index (χ2n) is 5.38. The minimum absolute atomic E-state index is 0.00324. The van der Waals surface area contributed by atoms with E-state index in [1.807, 2.05) is 17.0 Å². The van der Waals surface area contributed by atoms with Crippen LogP contribution in [0.5, 0.6) is 0 Å². The lowest BCUT2D eigenvalue weighted by Crippen LogP contribution is -2.48. The Hall–Kier alpha value is -1.62. The zero-order valence-corrected chi connectivity index (χ0v) is 11.0. The predicted octanol–water partition coefficient (Wildman–Crippen LogP) is 1.25. The molecule has 0 radical (unpaired) electrons. The molecular weight excluding hydrogens is 242 g/mol. The molecule has 1 amide bonds. The fourth-order valence-corrected chi connectivity index (χ4v) is 3.31. The SMILES string of the molecule is CNc1cccc(C(=O)N2C3CCC2CC(O)C3)n1. The number of aromatic nitrogens is 1. The first-order chi connectivity index (χ1) is 9.19. The Morgan fingerprint density at radius 3 is 2.68 bits per heavy atom. The second-order valence-corrected chi connectivity index (χ2v) is 5.38. The molecule has 2 N–H and O–H groups in total. The van der Waals surface area contributed by atoms with E-state index < -0.39 is 0 Å². The van der Waals surface area contributed by atoms with Crippen molar-refractivity contribution < 1.29 is 9.90 Å².